The quantitative estimate of drug-likeness (QED) is 0.860. The Labute approximate surface area is 117 Å². The Bertz CT molecular complexity index is 634. The van der Waals surface area contributed by atoms with Crippen molar-refractivity contribution in [1.82, 2.24) is 14.9 Å². The van der Waals surface area contributed by atoms with Crippen LogP contribution in [0.1, 0.15) is 34.1 Å². The summed E-state index contributed by atoms with van der Waals surface area (Å²) < 4.78 is 6.85. The first kappa shape index (κ1) is 12.9. The predicted molar refractivity (Wildman–Crippen MR) is 74.3 cm³/mol. The van der Waals surface area contributed by atoms with E-state index >= 15 is 0 Å². The zero-order valence-electron chi connectivity index (χ0n) is 11.4. The van der Waals surface area contributed by atoms with Crippen LogP contribution in [0.5, 0.6) is 0 Å². The summed E-state index contributed by atoms with van der Waals surface area (Å²) in [6.07, 6.45) is 3.21. The normalized spacial score (nSPS) is 13.2. The molecule has 0 aliphatic carbocycles. The molecule has 0 amide bonds. The second-order valence-corrected chi connectivity index (χ2v) is 4.83. The molecule has 1 aromatic carbocycles. The van der Waals surface area contributed by atoms with Gasteiger partial charge >= 0.3 is 5.97 Å². The van der Waals surface area contributed by atoms with Gasteiger partial charge in [-0.2, -0.15) is 0 Å². The first-order valence-electron chi connectivity index (χ1n) is 6.76. The van der Waals surface area contributed by atoms with Gasteiger partial charge < -0.3 is 14.6 Å². The maximum Gasteiger partial charge on any atom is 0.356 e. The van der Waals surface area contributed by atoms with Crippen LogP contribution in [-0.2, 0) is 24.4 Å². The molecule has 0 spiro atoms. The molecule has 0 saturated carbocycles. The summed E-state index contributed by atoms with van der Waals surface area (Å²) in [7, 11) is 0. The lowest BCUT2D eigenvalue weighted by molar-refractivity contribution is 0.0514. The SMILES string of the molecule is CCOC(=O)c1cncn1Cc1ccc2c(c1)CNC2. The molecule has 1 N–H and O–H groups in total. The fourth-order valence-corrected chi connectivity index (χ4v) is 2.46. The van der Waals surface area contributed by atoms with E-state index in [-0.39, 0.29) is 5.97 Å². The van der Waals surface area contributed by atoms with E-state index in [9.17, 15) is 4.79 Å². The molecule has 2 aromatic rings. The zero-order chi connectivity index (χ0) is 13.9. The van der Waals surface area contributed by atoms with E-state index in [0.29, 0.717) is 18.8 Å². The van der Waals surface area contributed by atoms with Crippen LogP contribution in [0.2, 0.25) is 0 Å². The van der Waals surface area contributed by atoms with Crippen LogP contribution in [0.3, 0.4) is 0 Å². The molecule has 2 heterocycles. The molecule has 0 bridgehead atoms. The Balaban J connectivity index is 1.81. The van der Waals surface area contributed by atoms with Crippen molar-refractivity contribution in [2.45, 2.75) is 26.6 Å². The highest BCUT2D eigenvalue weighted by Crippen LogP contribution is 2.18. The van der Waals surface area contributed by atoms with Crippen molar-refractivity contribution >= 4 is 5.97 Å². The lowest BCUT2D eigenvalue weighted by Crippen LogP contribution is -2.12. The van der Waals surface area contributed by atoms with Crippen molar-refractivity contribution in [3.05, 3.63) is 53.1 Å². The molecule has 0 fully saturated rings. The number of hydrogen-bond acceptors (Lipinski definition) is 4. The fourth-order valence-electron chi connectivity index (χ4n) is 2.46. The van der Waals surface area contributed by atoms with Gasteiger partial charge in [-0.1, -0.05) is 18.2 Å². The number of imidazole rings is 1. The Morgan fingerprint density at radius 1 is 1.40 bits per heavy atom. The van der Waals surface area contributed by atoms with Crippen molar-refractivity contribution < 1.29 is 9.53 Å². The van der Waals surface area contributed by atoms with Crippen LogP contribution in [0.25, 0.3) is 0 Å². The minimum atomic E-state index is -0.326. The molecular formula is C15H17N3O2. The molecule has 20 heavy (non-hydrogen) atoms. The first-order valence-corrected chi connectivity index (χ1v) is 6.76. The van der Waals surface area contributed by atoms with Crippen LogP contribution in [0.4, 0.5) is 0 Å². The van der Waals surface area contributed by atoms with Gasteiger partial charge in [0, 0.05) is 19.6 Å². The number of carbonyl (C=O) groups is 1. The number of fused-ring (bicyclic) bond motifs is 1. The van der Waals surface area contributed by atoms with E-state index < -0.39 is 0 Å². The highest BCUT2D eigenvalue weighted by Gasteiger charge is 2.14. The minimum absolute atomic E-state index is 0.326. The van der Waals surface area contributed by atoms with Gasteiger partial charge in [0.1, 0.15) is 5.69 Å². The smallest absolute Gasteiger partial charge is 0.356 e. The zero-order valence-corrected chi connectivity index (χ0v) is 11.4. The van der Waals surface area contributed by atoms with E-state index in [4.69, 9.17) is 4.74 Å². The van der Waals surface area contributed by atoms with Crippen molar-refractivity contribution in [2.24, 2.45) is 0 Å². The summed E-state index contributed by atoms with van der Waals surface area (Å²) in [4.78, 5) is 15.9. The molecule has 104 valence electrons. The average molecular weight is 271 g/mol. The number of nitrogens with one attached hydrogen (secondary N) is 1. The van der Waals surface area contributed by atoms with Crippen molar-refractivity contribution in [2.75, 3.05) is 6.61 Å². The maximum atomic E-state index is 11.8. The van der Waals surface area contributed by atoms with Gasteiger partial charge in [0.15, 0.2) is 0 Å². The Morgan fingerprint density at radius 2 is 2.25 bits per heavy atom. The Hall–Kier alpha value is -2.14. The minimum Gasteiger partial charge on any atom is -0.461 e. The molecule has 0 unspecified atom stereocenters. The lowest BCUT2D eigenvalue weighted by atomic mass is 10.1. The van der Waals surface area contributed by atoms with Crippen molar-refractivity contribution in [1.29, 1.82) is 0 Å². The molecule has 5 heteroatoms. The molecule has 5 nitrogen and oxygen atoms in total. The summed E-state index contributed by atoms with van der Waals surface area (Å²) in [5.74, 6) is -0.326. The third-order valence-electron chi connectivity index (χ3n) is 3.45. The monoisotopic (exact) mass is 271 g/mol. The van der Waals surface area contributed by atoms with Gasteiger partial charge in [0.25, 0.3) is 0 Å². The summed E-state index contributed by atoms with van der Waals surface area (Å²) in [6.45, 7) is 4.65. The fraction of sp³-hybridized carbons (Fsp3) is 0.333. The number of rotatable bonds is 4. The Morgan fingerprint density at radius 3 is 3.10 bits per heavy atom. The molecule has 0 saturated heterocycles. The van der Waals surface area contributed by atoms with Crippen molar-refractivity contribution in [3.63, 3.8) is 0 Å². The van der Waals surface area contributed by atoms with Gasteiger partial charge in [0.2, 0.25) is 0 Å². The van der Waals surface area contributed by atoms with E-state index in [1.807, 2.05) is 4.57 Å². The van der Waals surface area contributed by atoms with Crippen LogP contribution in [0.15, 0.2) is 30.7 Å². The molecule has 1 aliphatic rings. The van der Waals surface area contributed by atoms with Gasteiger partial charge in [0.05, 0.1) is 19.1 Å². The summed E-state index contributed by atoms with van der Waals surface area (Å²) >= 11 is 0. The molecular weight excluding hydrogens is 254 g/mol. The topological polar surface area (TPSA) is 56.1 Å². The first-order chi connectivity index (χ1) is 9.78. The van der Waals surface area contributed by atoms with E-state index in [2.05, 4.69) is 28.5 Å². The van der Waals surface area contributed by atoms with Gasteiger partial charge in [-0.3, -0.25) is 0 Å². The van der Waals surface area contributed by atoms with Gasteiger partial charge in [-0.25, -0.2) is 9.78 Å². The molecule has 0 radical (unpaired) electrons. The number of hydrogen-bond donors (Lipinski definition) is 1. The third kappa shape index (κ3) is 2.44. The number of esters is 1. The summed E-state index contributed by atoms with van der Waals surface area (Å²) in [5, 5.41) is 3.33. The largest absolute Gasteiger partial charge is 0.461 e. The summed E-state index contributed by atoms with van der Waals surface area (Å²) in [6, 6.07) is 6.43. The lowest BCUT2D eigenvalue weighted by Gasteiger charge is -2.09. The number of aromatic nitrogens is 2. The van der Waals surface area contributed by atoms with Crippen LogP contribution in [0, 0.1) is 0 Å². The summed E-state index contributed by atoms with van der Waals surface area (Å²) in [5.41, 5.74) is 4.34. The number of benzene rings is 1. The highest BCUT2D eigenvalue weighted by atomic mass is 16.5. The number of ether oxygens (including phenoxy) is 1. The molecule has 3 rings (SSSR count). The van der Waals surface area contributed by atoms with E-state index in [1.165, 1.54) is 11.1 Å². The second kappa shape index (κ2) is 5.46. The number of carbonyl (C=O) groups excluding carboxylic acids is 1. The van der Waals surface area contributed by atoms with Crippen LogP contribution in [-0.4, -0.2) is 22.1 Å². The predicted octanol–water partition coefficient (Wildman–Crippen LogP) is 1.71. The van der Waals surface area contributed by atoms with Crippen molar-refractivity contribution in [3.8, 4) is 0 Å². The second-order valence-electron chi connectivity index (χ2n) is 4.83. The molecule has 1 aliphatic heterocycles. The average Bonchev–Trinajstić information content (AvgIpc) is 3.07. The van der Waals surface area contributed by atoms with Gasteiger partial charge in [-0.05, 0) is 23.6 Å². The van der Waals surface area contributed by atoms with Gasteiger partial charge in [-0.15, -0.1) is 0 Å². The van der Waals surface area contributed by atoms with Crippen LogP contribution >= 0.6 is 0 Å². The van der Waals surface area contributed by atoms with E-state index in [0.717, 1.165) is 18.7 Å². The number of nitrogens with zero attached hydrogens (tertiary/aromatic N) is 2. The standard InChI is InChI=1S/C15H17N3O2/c1-2-20-15(19)14-8-17-10-18(14)9-11-3-4-12-6-16-7-13(12)5-11/h3-5,8,10,16H,2,6-7,9H2,1H3. The highest BCUT2D eigenvalue weighted by molar-refractivity contribution is 5.87. The maximum absolute atomic E-state index is 11.8. The third-order valence-corrected chi connectivity index (χ3v) is 3.45. The molecule has 1 aromatic heterocycles. The Kier molecular flexibility index (Phi) is 3.52. The van der Waals surface area contributed by atoms with E-state index in [1.54, 1.807) is 19.4 Å². The van der Waals surface area contributed by atoms with Crippen LogP contribution < -0.4 is 5.32 Å². The molecule has 0 atom stereocenters.